The first kappa shape index (κ1) is 15.1. The van der Waals surface area contributed by atoms with Gasteiger partial charge < -0.3 is 10.0 Å². The van der Waals surface area contributed by atoms with Crippen LogP contribution in [0.25, 0.3) is 0 Å². The summed E-state index contributed by atoms with van der Waals surface area (Å²) < 4.78 is 37.9. The molecule has 1 aromatic rings. The zero-order valence-corrected chi connectivity index (χ0v) is 10.6. The van der Waals surface area contributed by atoms with E-state index in [-0.39, 0.29) is 11.3 Å². The van der Waals surface area contributed by atoms with E-state index < -0.39 is 35.3 Å². The lowest BCUT2D eigenvalue weighted by Gasteiger charge is -2.25. The van der Waals surface area contributed by atoms with E-state index >= 15 is 0 Å². The van der Waals surface area contributed by atoms with E-state index in [9.17, 15) is 28.1 Å². The number of aromatic carboxylic acids is 1. The van der Waals surface area contributed by atoms with Gasteiger partial charge in [-0.1, -0.05) is 0 Å². The van der Waals surface area contributed by atoms with Crippen molar-refractivity contribution in [3.8, 4) is 0 Å². The molecule has 0 saturated heterocycles. The third kappa shape index (κ3) is 3.61. The fourth-order valence-electron chi connectivity index (χ4n) is 2.03. The number of anilines is 1. The fourth-order valence-corrected chi connectivity index (χ4v) is 2.03. The van der Waals surface area contributed by atoms with Gasteiger partial charge in [-0.25, -0.2) is 4.79 Å². The molecular formula is C12H11F3N2O4. The Bertz CT molecular complexity index is 584. The molecule has 1 aromatic carbocycles. The third-order valence-corrected chi connectivity index (χ3v) is 3.07. The third-order valence-electron chi connectivity index (χ3n) is 3.07. The molecule has 0 aliphatic heterocycles. The minimum Gasteiger partial charge on any atom is -0.478 e. The van der Waals surface area contributed by atoms with Crippen molar-refractivity contribution in [3.63, 3.8) is 0 Å². The molecule has 1 saturated carbocycles. The van der Waals surface area contributed by atoms with E-state index in [1.807, 2.05) is 0 Å². The Morgan fingerprint density at radius 3 is 2.48 bits per heavy atom. The summed E-state index contributed by atoms with van der Waals surface area (Å²) in [4.78, 5) is 21.9. The fraction of sp³-hybridized carbons (Fsp3) is 0.417. The molecule has 21 heavy (non-hydrogen) atoms. The average molecular weight is 304 g/mol. The van der Waals surface area contributed by atoms with Gasteiger partial charge in [0.2, 0.25) is 0 Å². The lowest BCUT2D eigenvalue weighted by atomic mass is 10.1. The molecule has 0 atom stereocenters. The first-order valence-corrected chi connectivity index (χ1v) is 6.04. The van der Waals surface area contributed by atoms with E-state index in [4.69, 9.17) is 5.11 Å². The van der Waals surface area contributed by atoms with Crippen LogP contribution in [0.3, 0.4) is 0 Å². The number of benzene rings is 1. The van der Waals surface area contributed by atoms with Gasteiger partial charge in [0.05, 0.1) is 10.5 Å². The van der Waals surface area contributed by atoms with Crippen molar-refractivity contribution in [2.75, 3.05) is 11.4 Å². The predicted molar refractivity (Wildman–Crippen MR) is 66.5 cm³/mol. The van der Waals surface area contributed by atoms with Gasteiger partial charge in [0, 0.05) is 12.1 Å². The number of carboxylic acids is 1. The monoisotopic (exact) mass is 304 g/mol. The minimum atomic E-state index is -4.53. The maximum absolute atomic E-state index is 12.6. The Balaban J connectivity index is 2.48. The standard InChI is InChI=1S/C12H11F3N2O4/c13-12(14,15)6-16(8-2-3-8)10-5-7(11(18)19)1-4-9(10)17(20)21/h1,4-5,8H,2-3,6H2,(H,18,19). The van der Waals surface area contributed by atoms with Gasteiger partial charge in [0.1, 0.15) is 12.2 Å². The molecular weight excluding hydrogens is 293 g/mol. The van der Waals surface area contributed by atoms with Crippen LogP contribution < -0.4 is 4.90 Å². The molecule has 6 nitrogen and oxygen atoms in total. The topological polar surface area (TPSA) is 83.7 Å². The largest absolute Gasteiger partial charge is 0.478 e. The quantitative estimate of drug-likeness (QED) is 0.668. The molecule has 0 heterocycles. The number of hydrogen-bond acceptors (Lipinski definition) is 4. The number of alkyl halides is 3. The summed E-state index contributed by atoms with van der Waals surface area (Å²) in [5.41, 5.74) is -1.13. The highest BCUT2D eigenvalue weighted by atomic mass is 19.4. The van der Waals surface area contributed by atoms with Crippen molar-refractivity contribution in [1.29, 1.82) is 0 Å². The van der Waals surface area contributed by atoms with Gasteiger partial charge in [-0.15, -0.1) is 0 Å². The van der Waals surface area contributed by atoms with Crippen LogP contribution in [0.4, 0.5) is 24.5 Å². The Morgan fingerprint density at radius 2 is 2.05 bits per heavy atom. The zero-order chi connectivity index (χ0) is 15.8. The number of carboxylic acid groups (broad SMARTS) is 1. The second-order valence-electron chi connectivity index (χ2n) is 4.74. The van der Waals surface area contributed by atoms with Gasteiger partial charge in [-0.2, -0.15) is 13.2 Å². The average Bonchev–Trinajstić information content (AvgIpc) is 3.18. The first-order valence-electron chi connectivity index (χ1n) is 6.04. The molecule has 0 bridgehead atoms. The van der Waals surface area contributed by atoms with Crippen molar-refractivity contribution in [2.24, 2.45) is 0 Å². The Hall–Kier alpha value is -2.32. The summed E-state index contributed by atoms with van der Waals surface area (Å²) >= 11 is 0. The Kier molecular flexibility index (Phi) is 3.75. The molecule has 114 valence electrons. The van der Waals surface area contributed by atoms with E-state index in [2.05, 4.69) is 0 Å². The van der Waals surface area contributed by atoms with Crippen LogP contribution in [-0.4, -0.2) is 34.8 Å². The number of hydrogen-bond donors (Lipinski definition) is 1. The van der Waals surface area contributed by atoms with Crippen LogP contribution in [0.1, 0.15) is 23.2 Å². The lowest BCUT2D eigenvalue weighted by Crippen LogP contribution is -2.36. The highest BCUT2D eigenvalue weighted by molar-refractivity contribution is 5.90. The van der Waals surface area contributed by atoms with Crippen molar-refractivity contribution in [3.05, 3.63) is 33.9 Å². The molecule has 1 fully saturated rings. The van der Waals surface area contributed by atoms with Crippen molar-refractivity contribution in [1.82, 2.24) is 0 Å². The number of halogens is 3. The van der Waals surface area contributed by atoms with Crippen LogP contribution in [0, 0.1) is 10.1 Å². The van der Waals surface area contributed by atoms with Crippen LogP contribution in [-0.2, 0) is 0 Å². The molecule has 1 aliphatic carbocycles. The van der Waals surface area contributed by atoms with Crippen LogP contribution in [0.15, 0.2) is 18.2 Å². The zero-order valence-electron chi connectivity index (χ0n) is 10.6. The van der Waals surface area contributed by atoms with Gasteiger partial charge in [-0.3, -0.25) is 10.1 Å². The van der Waals surface area contributed by atoms with Gasteiger partial charge >= 0.3 is 12.1 Å². The second kappa shape index (κ2) is 5.23. The molecule has 2 rings (SSSR count). The normalized spacial score (nSPS) is 14.8. The molecule has 9 heteroatoms. The molecule has 0 aromatic heterocycles. The summed E-state index contributed by atoms with van der Waals surface area (Å²) in [7, 11) is 0. The van der Waals surface area contributed by atoms with E-state index in [1.54, 1.807) is 0 Å². The number of nitro groups is 1. The molecule has 0 radical (unpaired) electrons. The highest BCUT2D eigenvalue weighted by Gasteiger charge is 2.40. The summed E-state index contributed by atoms with van der Waals surface area (Å²) in [6.45, 7) is -1.35. The molecule has 0 amide bonds. The van der Waals surface area contributed by atoms with Gasteiger partial charge in [-0.05, 0) is 25.0 Å². The van der Waals surface area contributed by atoms with Crippen LogP contribution >= 0.6 is 0 Å². The van der Waals surface area contributed by atoms with Crippen molar-refractivity contribution < 1.29 is 28.0 Å². The number of nitrogens with zero attached hydrogens (tertiary/aromatic N) is 2. The van der Waals surface area contributed by atoms with Crippen LogP contribution in [0.2, 0.25) is 0 Å². The summed E-state index contributed by atoms with van der Waals surface area (Å²) in [6.07, 6.45) is -3.55. The molecule has 0 spiro atoms. The summed E-state index contributed by atoms with van der Waals surface area (Å²) in [5, 5.41) is 19.9. The predicted octanol–water partition coefficient (Wildman–Crippen LogP) is 2.82. The molecule has 0 unspecified atom stereocenters. The highest BCUT2D eigenvalue weighted by Crippen LogP contribution is 2.39. The van der Waals surface area contributed by atoms with Crippen molar-refractivity contribution in [2.45, 2.75) is 25.1 Å². The summed E-state index contributed by atoms with van der Waals surface area (Å²) in [5.74, 6) is -1.35. The maximum Gasteiger partial charge on any atom is 0.405 e. The second-order valence-corrected chi connectivity index (χ2v) is 4.74. The summed E-state index contributed by atoms with van der Waals surface area (Å²) in [6, 6.07) is 2.40. The number of carbonyl (C=O) groups is 1. The lowest BCUT2D eigenvalue weighted by molar-refractivity contribution is -0.384. The minimum absolute atomic E-state index is 0.288. The number of nitro benzene ring substituents is 1. The molecule has 1 aliphatic rings. The first-order chi connectivity index (χ1) is 9.69. The Morgan fingerprint density at radius 1 is 1.43 bits per heavy atom. The smallest absolute Gasteiger partial charge is 0.405 e. The Labute approximate surface area is 116 Å². The molecule has 1 N–H and O–H groups in total. The van der Waals surface area contributed by atoms with E-state index in [0.717, 1.165) is 23.1 Å². The van der Waals surface area contributed by atoms with Crippen molar-refractivity contribution >= 4 is 17.3 Å². The number of rotatable bonds is 5. The SMILES string of the molecule is O=C(O)c1ccc([N+](=O)[O-])c(N(CC(F)(F)F)C2CC2)c1. The van der Waals surface area contributed by atoms with E-state index in [1.165, 1.54) is 0 Å². The van der Waals surface area contributed by atoms with Gasteiger partial charge in [0.15, 0.2) is 0 Å². The van der Waals surface area contributed by atoms with E-state index in [0.29, 0.717) is 12.8 Å². The van der Waals surface area contributed by atoms with Gasteiger partial charge in [0.25, 0.3) is 5.69 Å². The maximum atomic E-state index is 12.6. The van der Waals surface area contributed by atoms with Crippen LogP contribution in [0.5, 0.6) is 0 Å².